The number of furan rings is 1. The van der Waals surface area contributed by atoms with E-state index in [1.165, 1.54) is 18.4 Å². The Kier molecular flexibility index (Phi) is 5.52. The third kappa shape index (κ3) is 3.84. The lowest BCUT2D eigenvalue weighted by atomic mass is 10.1. The molecular weight excluding hydrogens is 433 g/mol. The van der Waals surface area contributed by atoms with Gasteiger partial charge in [0.15, 0.2) is 0 Å². The molecule has 0 aliphatic rings. The van der Waals surface area contributed by atoms with Gasteiger partial charge in [-0.15, -0.1) is 11.3 Å². The van der Waals surface area contributed by atoms with Gasteiger partial charge in [-0.1, -0.05) is 29.3 Å². The van der Waals surface area contributed by atoms with E-state index in [9.17, 15) is 9.90 Å². The second-order valence-electron chi connectivity index (χ2n) is 6.18. The number of aliphatic hydroxyl groups excluding tert-OH is 1. The van der Waals surface area contributed by atoms with Crippen LogP contribution in [0.15, 0.2) is 52.9 Å². The summed E-state index contributed by atoms with van der Waals surface area (Å²) in [6.07, 6.45) is 0. The van der Waals surface area contributed by atoms with Crippen LogP contribution in [0, 0.1) is 0 Å². The fourth-order valence-corrected chi connectivity index (χ4v) is 4.64. The number of benzene rings is 2. The largest absolute Gasteiger partial charge is 0.496 e. The summed E-state index contributed by atoms with van der Waals surface area (Å²) >= 11 is 13.7. The molecule has 2 aromatic heterocycles. The molecule has 0 saturated carbocycles. The molecule has 2 N–H and O–H groups in total. The van der Waals surface area contributed by atoms with Crippen molar-refractivity contribution in [3.8, 4) is 17.1 Å². The van der Waals surface area contributed by atoms with Crippen molar-refractivity contribution in [1.29, 1.82) is 0 Å². The van der Waals surface area contributed by atoms with Crippen molar-refractivity contribution in [3.63, 3.8) is 0 Å². The Morgan fingerprint density at radius 2 is 2.00 bits per heavy atom. The number of aliphatic hydroxyl groups is 1. The highest BCUT2D eigenvalue weighted by Crippen LogP contribution is 2.38. The second-order valence-corrected chi connectivity index (χ2v) is 8.05. The monoisotopic (exact) mass is 447 g/mol. The van der Waals surface area contributed by atoms with Crippen molar-refractivity contribution in [2.45, 2.75) is 6.61 Å². The molecule has 0 saturated heterocycles. The van der Waals surface area contributed by atoms with Gasteiger partial charge in [-0.25, -0.2) is 0 Å². The maximum atomic E-state index is 12.8. The summed E-state index contributed by atoms with van der Waals surface area (Å²) in [5, 5.41) is 13.8. The van der Waals surface area contributed by atoms with Crippen molar-refractivity contribution in [2.24, 2.45) is 0 Å². The predicted octanol–water partition coefficient (Wildman–Crippen LogP) is 6.22. The van der Waals surface area contributed by atoms with E-state index in [-0.39, 0.29) is 12.5 Å². The highest BCUT2D eigenvalue weighted by Gasteiger charge is 2.18. The molecule has 5 nitrogen and oxygen atoms in total. The zero-order chi connectivity index (χ0) is 20.5. The molecule has 29 heavy (non-hydrogen) atoms. The molecule has 4 aromatic rings. The molecule has 0 radical (unpaired) electrons. The minimum Gasteiger partial charge on any atom is -0.496 e. The van der Waals surface area contributed by atoms with Crippen molar-refractivity contribution >= 4 is 56.2 Å². The number of carbonyl (C=O) groups is 1. The van der Waals surface area contributed by atoms with Gasteiger partial charge in [0.2, 0.25) is 0 Å². The first-order valence-electron chi connectivity index (χ1n) is 8.57. The van der Waals surface area contributed by atoms with E-state index in [1.807, 2.05) is 0 Å². The van der Waals surface area contributed by atoms with Crippen LogP contribution in [0.25, 0.3) is 21.4 Å². The zero-order valence-corrected chi connectivity index (χ0v) is 17.5. The fraction of sp³-hybridized carbons (Fsp3) is 0.0952. The molecule has 0 spiro atoms. The average Bonchev–Trinajstić information content (AvgIpc) is 3.32. The Balaban J connectivity index is 1.62. The van der Waals surface area contributed by atoms with Gasteiger partial charge in [-0.05, 0) is 36.4 Å². The molecule has 148 valence electrons. The first-order chi connectivity index (χ1) is 14.0. The van der Waals surface area contributed by atoms with E-state index < -0.39 is 0 Å². The van der Waals surface area contributed by atoms with Gasteiger partial charge in [0.05, 0.1) is 17.7 Å². The number of carbonyl (C=O) groups excluding carboxylic acids is 1. The lowest BCUT2D eigenvalue weighted by Gasteiger charge is -2.10. The number of nitrogens with one attached hydrogen (secondary N) is 1. The molecule has 0 atom stereocenters. The van der Waals surface area contributed by atoms with Gasteiger partial charge < -0.3 is 19.6 Å². The van der Waals surface area contributed by atoms with Gasteiger partial charge in [-0.2, -0.15) is 0 Å². The summed E-state index contributed by atoms with van der Waals surface area (Å²) < 4.78 is 11.9. The smallest absolute Gasteiger partial charge is 0.267 e. The quantitative estimate of drug-likeness (QED) is 0.380. The van der Waals surface area contributed by atoms with E-state index in [0.717, 1.165) is 10.1 Å². The predicted molar refractivity (Wildman–Crippen MR) is 116 cm³/mol. The minimum atomic E-state index is -0.317. The number of halogens is 2. The zero-order valence-electron chi connectivity index (χ0n) is 15.2. The molecular formula is C21H15Cl2NO4S. The molecule has 0 bridgehead atoms. The van der Waals surface area contributed by atoms with Crippen LogP contribution in [0.2, 0.25) is 10.0 Å². The Morgan fingerprint density at radius 1 is 1.17 bits per heavy atom. The van der Waals surface area contributed by atoms with Gasteiger partial charge in [0, 0.05) is 26.9 Å². The minimum absolute atomic E-state index is 0.183. The summed E-state index contributed by atoms with van der Waals surface area (Å²) in [6.45, 7) is -0.183. The van der Waals surface area contributed by atoms with Crippen molar-refractivity contribution in [1.82, 2.24) is 0 Å². The van der Waals surface area contributed by atoms with Crippen LogP contribution in [0.4, 0.5) is 5.69 Å². The molecule has 0 aliphatic heterocycles. The molecule has 1 amide bonds. The van der Waals surface area contributed by atoms with Gasteiger partial charge in [-0.3, -0.25) is 4.79 Å². The SMILES string of the molecule is COc1cc(NC(=O)c2sc3cc(Cl)ccc3c2Cl)ccc1-c1ccc(CO)o1. The van der Waals surface area contributed by atoms with Gasteiger partial charge in [0.1, 0.15) is 28.8 Å². The Labute approximate surface area is 180 Å². The number of fused-ring (bicyclic) bond motifs is 1. The van der Waals surface area contributed by atoms with Crippen molar-refractivity contribution in [3.05, 3.63) is 69.2 Å². The van der Waals surface area contributed by atoms with E-state index in [1.54, 1.807) is 48.5 Å². The molecule has 4 rings (SSSR count). The summed E-state index contributed by atoms with van der Waals surface area (Å²) in [5.41, 5.74) is 1.26. The number of hydrogen-bond acceptors (Lipinski definition) is 5. The van der Waals surface area contributed by atoms with E-state index in [0.29, 0.717) is 43.4 Å². The van der Waals surface area contributed by atoms with E-state index in [4.69, 9.17) is 32.4 Å². The van der Waals surface area contributed by atoms with Gasteiger partial charge >= 0.3 is 0 Å². The molecule has 2 aromatic carbocycles. The Bertz CT molecular complexity index is 1210. The van der Waals surface area contributed by atoms with Crippen LogP contribution in [0.3, 0.4) is 0 Å². The third-order valence-electron chi connectivity index (χ3n) is 4.34. The summed E-state index contributed by atoms with van der Waals surface area (Å²) in [5.74, 6) is 1.23. The summed E-state index contributed by atoms with van der Waals surface area (Å²) in [7, 11) is 1.53. The van der Waals surface area contributed by atoms with Crippen LogP contribution in [0.1, 0.15) is 15.4 Å². The lowest BCUT2D eigenvalue weighted by Crippen LogP contribution is -2.10. The number of amides is 1. The van der Waals surface area contributed by atoms with Crippen LogP contribution in [0.5, 0.6) is 5.75 Å². The van der Waals surface area contributed by atoms with Crippen molar-refractivity contribution < 1.29 is 19.1 Å². The van der Waals surface area contributed by atoms with Crippen LogP contribution >= 0.6 is 34.5 Å². The standard InChI is InChI=1S/C21H15Cl2NO4S/c1-27-17-9-12(3-6-14(17)16-7-4-13(10-25)28-16)24-21(26)20-19(23)15-5-2-11(22)8-18(15)29-20/h2-9,25H,10H2,1H3,(H,24,26). The second kappa shape index (κ2) is 8.08. The van der Waals surface area contributed by atoms with Crippen LogP contribution in [-0.2, 0) is 6.61 Å². The van der Waals surface area contributed by atoms with Crippen LogP contribution < -0.4 is 10.1 Å². The van der Waals surface area contributed by atoms with E-state index >= 15 is 0 Å². The number of rotatable bonds is 5. The van der Waals surface area contributed by atoms with Crippen LogP contribution in [-0.4, -0.2) is 18.1 Å². The molecule has 8 heteroatoms. The maximum absolute atomic E-state index is 12.8. The highest BCUT2D eigenvalue weighted by atomic mass is 35.5. The number of methoxy groups -OCH3 is 1. The van der Waals surface area contributed by atoms with Gasteiger partial charge in [0.25, 0.3) is 5.91 Å². The number of thiophene rings is 1. The molecule has 0 fully saturated rings. The van der Waals surface area contributed by atoms with Crippen molar-refractivity contribution in [2.75, 3.05) is 12.4 Å². The van der Waals surface area contributed by atoms with E-state index in [2.05, 4.69) is 5.32 Å². The Hall–Kier alpha value is -2.51. The third-order valence-corrected chi connectivity index (χ3v) is 6.23. The first kappa shape index (κ1) is 19.8. The fourth-order valence-electron chi connectivity index (χ4n) is 2.95. The number of ether oxygens (including phenoxy) is 1. The topological polar surface area (TPSA) is 71.7 Å². The number of anilines is 1. The maximum Gasteiger partial charge on any atom is 0.267 e. The highest BCUT2D eigenvalue weighted by molar-refractivity contribution is 7.21. The summed E-state index contributed by atoms with van der Waals surface area (Å²) in [6, 6.07) is 14.0. The summed E-state index contributed by atoms with van der Waals surface area (Å²) in [4.78, 5) is 13.2. The lowest BCUT2D eigenvalue weighted by molar-refractivity contribution is 0.103. The Morgan fingerprint density at radius 3 is 2.72 bits per heavy atom. The normalized spacial score (nSPS) is 11.0. The first-order valence-corrected chi connectivity index (χ1v) is 10.1. The average molecular weight is 448 g/mol. The number of hydrogen-bond donors (Lipinski definition) is 2. The molecule has 2 heterocycles. The molecule has 0 aliphatic carbocycles. The molecule has 0 unspecified atom stereocenters.